The largest absolute Gasteiger partial charge is 0.493 e. The van der Waals surface area contributed by atoms with Crippen molar-refractivity contribution >= 4 is 16.7 Å². The summed E-state index contributed by atoms with van der Waals surface area (Å²) in [6, 6.07) is 23.5. The highest BCUT2D eigenvalue weighted by molar-refractivity contribution is 6.06. The molecule has 0 bridgehead atoms. The Bertz CT molecular complexity index is 1260. The van der Waals surface area contributed by atoms with E-state index < -0.39 is 12.1 Å². The normalized spacial score (nSPS) is 11.7. The van der Waals surface area contributed by atoms with Crippen molar-refractivity contribution in [3.8, 4) is 11.5 Å². The zero-order valence-corrected chi connectivity index (χ0v) is 19.5. The molecule has 1 aromatic heterocycles. The highest BCUT2D eigenvalue weighted by Crippen LogP contribution is 2.38. The van der Waals surface area contributed by atoms with Crippen LogP contribution in [0, 0.1) is 0 Å². The van der Waals surface area contributed by atoms with Crippen molar-refractivity contribution < 1.29 is 23.7 Å². The average Bonchev–Trinajstić information content (AvgIpc) is 2.89. The van der Waals surface area contributed by atoms with E-state index in [0.29, 0.717) is 34.7 Å². The van der Waals surface area contributed by atoms with Crippen LogP contribution in [0.5, 0.6) is 11.5 Å². The van der Waals surface area contributed by atoms with E-state index >= 15 is 0 Å². The molecule has 0 aliphatic carbocycles. The van der Waals surface area contributed by atoms with Crippen molar-refractivity contribution in [3.63, 3.8) is 0 Å². The number of methoxy groups -OCH3 is 2. The molecule has 1 atom stereocenters. The minimum Gasteiger partial charge on any atom is -0.493 e. The number of ether oxygens (including phenoxy) is 4. The van der Waals surface area contributed by atoms with E-state index in [9.17, 15) is 4.79 Å². The highest BCUT2D eigenvalue weighted by Gasteiger charge is 2.24. The van der Waals surface area contributed by atoms with Crippen molar-refractivity contribution in [1.82, 2.24) is 4.98 Å². The van der Waals surface area contributed by atoms with E-state index in [0.717, 1.165) is 16.5 Å². The molecule has 6 nitrogen and oxygen atoms in total. The van der Waals surface area contributed by atoms with Crippen LogP contribution in [0.25, 0.3) is 10.8 Å². The number of hydrogen-bond donors (Lipinski definition) is 0. The van der Waals surface area contributed by atoms with Gasteiger partial charge in [-0.1, -0.05) is 60.7 Å². The van der Waals surface area contributed by atoms with Crippen molar-refractivity contribution in [3.05, 3.63) is 101 Å². The number of fused-ring (bicyclic) bond motifs is 1. The zero-order chi connectivity index (χ0) is 23.9. The molecule has 3 aromatic carbocycles. The average molecular weight is 458 g/mol. The first-order valence-corrected chi connectivity index (χ1v) is 11.1. The lowest BCUT2D eigenvalue weighted by atomic mass is 9.97. The molecule has 34 heavy (non-hydrogen) atoms. The summed E-state index contributed by atoms with van der Waals surface area (Å²) in [5, 5.41) is 1.38. The molecule has 0 N–H and O–H groups in total. The number of hydrogen-bond acceptors (Lipinski definition) is 6. The van der Waals surface area contributed by atoms with Crippen molar-refractivity contribution in [2.24, 2.45) is 0 Å². The third-order valence-corrected chi connectivity index (χ3v) is 5.53. The molecule has 0 spiro atoms. The molecule has 0 amide bonds. The molecule has 0 saturated carbocycles. The SMILES string of the molecule is CCOC(=O)c1cnc(C(OCc2ccccc2)c2ccccc2)c2cc(OC)c(OC)cc12. The van der Waals surface area contributed by atoms with Crippen LogP contribution in [-0.2, 0) is 16.1 Å². The Balaban J connectivity index is 1.89. The van der Waals surface area contributed by atoms with Gasteiger partial charge >= 0.3 is 5.97 Å². The number of pyridine rings is 1. The second kappa shape index (κ2) is 10.8. The summed E-state index contributed by atoms with van der Waals surface area (Å²) >= 11 is 0. The van der Waals surface area contributed by atoms with Crippen LogP contribution in [0.2, 0.25) is 0 Å². The quantitative estimate of drug-likeness (QED) is 0.299. The fraction of sp³-hybridized carbons (Fsp3) is 0.214. The number of benzene rings is 3. The van der Waals surface area contributed by atoms with E-state index in [1.165, 1.54) is 0 Å². The van der Waals surface area contributed by atoms with Crippen molar-refractivity contribution in [2.45, 2.75) is 19.6 Å². The Morgan fingerprint density at radius 3 is 2.12 bits per heavy atom. The fourth-order valence-electron chi connectivity index (χ4n) is 3.88. The smallest absolute Gasteiger partial charge is 0.340 e. The Morgan fingerprint density at radius 2 is 1.50 bits per heavy atom. The van der Waals surface area contributed by atoms with Gasteiger partial charge in [-0.15, -0.1) is 0 Å². The molecule has 174 valence electrons. The monoisotopic (exact) mass is 457 g/mol. The van der Waals surface area contributed by atoms with Gasteiger partial charge in [-0.2, -0.15) is 0 Å². The topological polar surface area (TPSA) is 66.9 Å². The second-order valence-electron chi connectivity index (χ2n) is 7.62. The first-order chi connectivity index (χ1) is 16.7. The number of carbonyl (C=O) groups is 1. The molecule has 0 aliphatic rings. The fourth-order valence-corrected chi connectivity index (χ4v) is 3.88. The van der Waals surface area contributed by atoms with Gasteiger partial charge in [-0.25, -0.2) is 4.79 Å². The van der Waals surface area contributed by atoms with Gasteiger partial charge < -0.3 is 18.9 Å². The summed E-state index contributed by atoms with van der Waals surface area (Å²) in [4.78, 5) is 17.4. The summed E-state index contributed by atoms with van der Waals surface area (Å²) in [6.45, 7) is 2.44. The van der Waals surface area contributed by atoms with Gasteiger partial charge in [-0.05, 0) is 30.2 Å². The number of carbonyl (C=O) groups excluding carboxylic acids is 1. The molecule has 0 aliphatic heterocycles. The van der Waals surface area contributed by atoms with Gasteiger partial charge in [-0.3, -0.25) is 4.98 Å². The van der Waals surface area contributed by atoms with E-state index in [-0.39, 0.29) is 6.61 Å². The van der Waals surface area contributed by atoms with E-state index in [1.54, 1.807) is 33.4 Å². The number of aromatic nitrogens is 1. The summed E-state index contributed by atoms with van der Waals surface area (Å²) in [5.41, 5.74) is 3.03. The lowest BCUT2D eigenvalue weighted by Crippen LogP contribution is -2.12. The zero-order valence-electron chi connectivity index (χ0n) is 19.5. The maximum atomic E-state index is 12.7. The first kappa shape index (κ1) is 23.3. The standard InChI is InChI=1S/C28H27NO5/c1-4-33-28(30)23-17-29-26(22-16-25(32-3)24(31-2)15-21(22)23)27(20-13-9-6-10-14-20)34-18-19-11-7-5-8-12-19/h5-17,27H,4,18H2,1-3H3. The lowest BCUT2D eigenvalue weighted by Gasteiger charge is -2.21. The van der Waals surface area contributed by atoms with Gasteiger partial charge in [0.15, 0.2) is 11.5 Å². The molecular weight excluding hydrogens is 430 g/mol. The van der Waals surface area contributed by atoms with Gasteiger partial charge in [0.2, 0.25) is 0 Å². The van der Waals surface area contributed by atoms with Crippen LogP contribution in [-0.4, -0.2) is 31.8 Å². The Labute approximate surface area is 199 Å². The third kappa shape index (κ3) is 4.87. The summed E-state index contributed by atoms with van der Waals surface area (Å²) in [7, 11) is 3.14. The molecule has 4 aromatic rings. The van der Waals surface area contributed by atoms with Crippen molar-refractivity contribution in [1.29, 1.82) is 0 Å². The third-order valence-electron chi connectivity index (χ3n) is 5.53. The summed E-state index contributed by atoms with van der Waals surface area (Å²) in [5.74, 6) is 0.605. The molecule has 1 unspecified atom stereocenters. The molecule has 0 fully saturated rings. The predicted molar refractivity (Wildman–Crippen MR) is 130 cm³/mol. The molecule has 4 rings (SSSR count). The lowest BCUT2D eigenvalue weighted by molar-refractivity contribution is 0.0526. The van der Waals surface area contributed by atoms with E-state index in [4.69, 9.17) is 23.9 Å². The van der Waals surface area contributed by atoms with Gasteiger partial charge in [0.25, 0.3) is 0 Å². The van der Waals surface area contributed by atoms with Crippen LogP contribution in [0.1, 0.15) is 40.2 Å². The first-order valence-electron chi connectivity index (χ1n) is 11.1. The van der Waals surface area contributed by atoms with Crippen LogP contribution in [0.3, 0.4) is 0 Å². The number of rotatable bonds is 9. The molecule has 0 radical (unpaired) electrons. The van der Waals surface area contributed by atoms with Crippen LogP contribution in [0.4, 0.5) is 0 Å². The van der Waals surface area contributed by atoms with E-state index in [2.05, 4.69) is 0 Å². The number of esters is 1. The minimum atomic E-state index is -0.474. The second-order valence-corrected chi connectivity index (χ2v) is 7.62. The minimum absolute atomic E-state index is 0.266. The predicted octanol–water partition coefficient (Wildman–Crippen LogP) is 5.73. The van der Waals surface area contributed by atoms with Crippen molar-refractivity contribution in [2.75, 3.05) is 20.8 Å². The van der Waals surface area contributed by atoms with Gasteiger partial charge in [0.05, 0.1) is 38.7 Å². The number of nitrogens with zero attached hydrogens (tertiary/aromatic N) is 1. The Hall–Kier alpha value is -3.90. The Kier molecular flexibility index (Phi) is 7.40. The molecule has 0 saturated heterocycles. The Morgan fingerprint density at radius 1 is 0.882 bits per heavy atom. The maximum absolute atomic E-state index is 12.7. The molecular formula is C28H27NO5. The van der Waals surface area contributed by atoms with Gasteiger partial charge in [0, 0.05) is 17.0 Å². The highest BCUT2D eigenvalue weighted by atomic mass is 16.5. The van der Waals surface area contributed by atoms with Crippen LogP contribution < -0.4 is 9.47 Å². The van der Waals surface area contributed by atoms with Crippen LogP contribution in [0.15, 0.2) is 79.0 Å². The molecule has 1 heterocycles. The maximum Gasteiger partial charge on any atom is 0.340 e. The van der Waals surface area contributed by atoms with E-state index in [1.807, 2.05) is 66.7 Å². The molecule has 6 heteroatoms. The summed E-state index contributed by atoms with van der Waals surface area (Å²) < 4.78 is 22.8. The van der Waals surface area contributed by atoms with Crippen LogP contribution >= 0.6 is 0 Å². The van der Waals surface area contributed by atoms with Gasteiger partial charge in [0.1, 0.15) is 6.10 Å². The summed E-state index contributed by atoms with van der Waals surface area (Å²) in [6.07, 6.45) is 1.07.